The van der Waals surface area contributed by atoms with Gasteiger partial charge >= 0.3 is 0 Å². The topological polar surface area (TPSA) is 89.6 Å². The highest BCUT2D eigenvalue weighted by molar-refractivity contribution is 14.1. The molecule has 1 aromatic heterocycles. The quantitative estimate of drug-likeness (QED) is 0.214. The predicted molar refractivity (Wildman–Crippen MR) is 146 cm³/mol. The molecule has 1 heterocycles. The molecule has 2 N–H and O–H groups in total. The van der Waals surface area contributed by atoms with Crippen molar-refractivity contribution in [3.8, 4) is 11.5 Å². The van der Waals surface area contributed by atoms with Crippen LogP contribution >= 0.6 is 45.8 Å². The molecule has 0 amide bonds. The predicted octanol–water partition coefficient (Wildman–Crippen LogP) is 5.05. The highest BCUT2D eigenvalue weighted by Crippen LogP contribution is 2.36. The lowest BCUT2D eigenvalue weighted by atomic mass is 9.78. The third-order valence-electron chi connectivity index (χ3n) is 5.73. The molecule has 0 saturated heterocycles. The molecular formula is C25H30Cl2IN3O4. The molecule has 2 aromatic carbocycles. The monoisotopic (exact) mass is 633 g/mol. The maximum Gasteiger partial charge on any atom is 0.137 e. The number of rotatable bonds is 12. The van der Waals surface area contributed by atoms with E-state index in [4.69, 9.17) is 32.7 Å². The van der Waals surface area contributed by atoms with E-state index in [1.807, 2.05) is 72.0 Å². The third-order valence-corrected chi connectivity index (χ3v) is 7.73. The molecule has 3 rings (SSSR count). The van der Waals surface area contributed by atoms with E-state index >= 15 is 0 Å². The number of alkyl halides is 1. The lowest BCUT2D eigenvalue weighted by Crippen LogP contribution is -2.25. The van der Waals surface area contributed by atoms with E-state index < -0.39 is 6.10 Å². The van der Waals surface area contributed by atoms with Gasteiger partial charge in [0.05, 0.1) is 24.8 Å². The molecule has 0 fully saturated rings. The third kappa shape index (κ3) is 7.22. The Balaban J connectivity index is 1.60. The number of hydrogen-bond donors (Lipinski definition) is 2. The Morgan fingerprint density at radius 2 is 1.77 bits per heavy atom. The van der Waals surface area contributed by atoms with E-state index in [9.17, 15) is 10.2 Å². The number of aromatic nitrogens is 3. The van der Waals surface area contributed by atoms with Crippen LogP contribution in [0.4, 0.5) is 0 Å². The Hall–Kier alpha value is -1.59. The molecule has 0 saturated carbocycles. The Kier molecular flexibility index (Phi) is 10.1. The summed E-state index contributed by atoms with van der Waals surface area (Å²) in [6, 6.07) is 13.7. The van der Waals surface area contributed by atoms with Crippen LogP contribution in [-0.2, 0) is 18.6 Å². The zero-order valence-corrected chi connectivity index (χ0v) is 23.6. The first-order valence-electron chi connectivity index (χ1n) is 11.2. The fourth-order valence-electron chi connectivity index (χ4n) is 3.41. The second kappa shape index (κ2) is 12.6. The summed E-state index contributed by atoms with van der Waals surface area (Å²) in [5, 5.41) is 27.9. The van der Waals surface area contributed by atoms with Crippen LogP contribution in [0.15, 0.2) is 42.5 Å². The van der Waals surface area contributed by atoms with E-state index in [0.717, 1.165) is 11.1 Å². The van der Waals surface area contributed by atoms with Crippen LogP contribution in [-0.4, -0.2) is 50.4 Å². The van der Waals surface area contributed by atoms with Crippen molar-refractivity contribution in [3.05, 3.63) is 68.0 Å². The first kappa shape index (κ1) is 28.0. The lowest BCUT2D eigenvalue weighted by Gasteiger charge is -2.27. The molecular weight excluding hydrogens is 604 g/mol. The van der Waals surface area contributed by atoms with Crippen LogP contribution in [0.1, 0.15) is 37.6 Å². The fourth-order valence-corrected chi connectivity index (χ4v) is 4.31. The molecule has 0 aliphatic rings. The smallest absolute Gasteiger partial charge is 0.137 e. The van der Waals surface area contributed by atoms with Gasteiger partial charge in [-0.2, -0.15) is 0 Å². The molecule has 0 bridgehead atoms. The van der Waals surface area contributed by atoms with Gasteiger partial charge in [-0.15, -0.1) is 16.7 Å². The maximum absolute atomic E-state index is 10.3. The van der Waals surface area contributed by atoms with Crippen molar-refractivity contribution in [2.75, 3.05) is 19.1 Å². The summed E-state index contributed by atoms with van der Waals surface area (Å²) in [4.78, 5) is 0. The molecule has 2 atom stereocenters. The average molecular weight is 634 g/mol. The van der Waals surface area contributed by atoms with Gasteiger partial charge in [0.25, 0.3) is 0 Å². The highest BCUT2D eigenvalue weighted by Gasteiger charge is 2.24. The van der Waals surface area contributed by atoms with Crippen molar-refractivity contribution < 1.29 is 19.7 Å². The normalized spacial score (nSPS) is 13.5. The maximum atomic E-state index is 10.3. The number of aliphatic hydroxyl groups excluding tert-OH is 2. The second-order valence-corrected chi connectivity index (χ2v) is 10.7. The van der Waals surface area contributed by atoms with Crippen LogP contribution in [0.25, 0.3) is 0 Å². The average Bonchev–Trinajstić information content (AvgIpc) is 3.20. The van der Waals surface area contributed by atoms with Gasteiger partial charge in [-0.25, -0.2) is 4.68 Å². The molecule has 35 heavy (non-hydrogen) atoms. The van der Waals surface area contributed by atoms with Crippen molar-refractivity contribution in [2.45, 2.75) is 45.4 Å². The molecule has 0 aliphatic carbocycles. The van der Waals surface area contributed by atoms with Gasteiger partial charge in [-0.05, 0) is 58.0 Å². The van der Waals surface area contributed by atoms with Gasteiger partial charge in [0, 0.05) is 17.2 Å². The molecule has 0 radical (unpaired) electrons. The summed E-state index contributed by atoms with van der Waals surface area (Å²) >= 11 is 14.4. The van der Waals surface area contributed by atoms with Crippen molar-refractivity contribution in [2.24, 2.45) is 5.92 Å². The van der Waals surface area contributed by atoms with Gasteiger partial charge in [0.15, 0.2) is 0 Å². The Bertz CT molecular complexity index is 1110. The summed E-state index contributed by atoms with van der Waals surface area (Å²) < 4.78 is 13.8. The number of aliphatic hydroxyl groups is 2. The molecule has 190 valence electrons. The molecule has 0 unspecified atom stereocenters. The fraction of sp³-hybridized carbons (Fsp3) is 0.440. The SMILES string of the molecule is C[C@H](CCl)COc1ccc(C(C)(C)c2ccc(OC[C@@H](O)Cn3nnc(CO)c3I)cc2)cc1Cl. The minimum absolute atomic E-state index is 0.104. The number of nitrogens with zero attached hydrogens (tertiary/aromatic N) is 3. The summed E-state index contributed by atoms with van der Waals surface area (Å²) in [5.41, 5.74) is 2.35. The van der Waals surface area contributed by atoms with Crippen molar-refractivity contribution in [1.29, 1.82) is 0 Å². The molecule has 0 spiro atoms. The first-order chi connectivity index (χ1) is 16.6. The second-order valence-electron chi connectivity index (χ2n) is 9.00. The van der Waals surface area contributed by atoms with Gasteiger partial charge in [-0.1, -0.05) is 55.8 Å². The standard InChI is InChI=1S/C25H30Cl2IN3O4/c1-16(11-26)14-35-23-9-6-18(10-21(23)27)25(2,3)17-4-7-20(8-5-17)34-15-19(33)12-31-24(28)22(13-32)29-30-31/h4-10,16,19,32-33H,11-15H2,1-3H3/t16-,19+/m1/s1. The van der Waals surface area contributed by atoms with Crippen LogP contribution < -0.4 is 9.47 Å². The zero-order valence-electron chi connectivity index (χ0n) is 19.9. The van der Waals surface area contributed by atoms with Gasteiger partial charge in [0.2, 0.25) is 0 Å². The Morgan fingerprint density at radius 3 is 2.37 bits per heavy atom. The Labute approximate surface area is 229 Å². The first-order valence-corrected chi connectivity index (χ1v) is 13.2. The van der Waals surface area contributed by atoms with Crippen LogP contribution in [0.5, 0.6) is 11.5 Å². The van der Waals surface area contributed by atoms with E-state index in [2.05, 4.69) is 24.2 Å². The summed E-state index contributed by atoms with van der Waals surface area (Å²) in [7, 11) is 0. The molecule has 7 nitrogen and oxygen atoms in total. The minimum atomic E-state index is -0.775. The molecule has 3 aromatic rings. The number of hydrogen-bond acceptors (Lipinski definition) is 6. The zero-order chi connectivity index (χ0) is 25.6. The highest BCUT2D eigenvalue weighted by atomic mass is 127. The summed E-state index contributed by atoms with van der Waals surface area (Å²) in [5.74, 6) is 2.09. The van der Waals surface area contributed by atoms with Crippen molar-refractivity contribution in [1.82, 2.24) is 15.0 Å². The largest absolute Gasteiger partial charge is 0.492 e. The van der Waals surface area contributed by atoms with Crippen molar-refractivity contribution in [3.63, 3.8) is 0 Å². The Morgan fingerprint density at radius 1 is 1.09 bits per heavy atom. The minimum Gasteiger partial charge on any atom is -0.492 e. The lowest BCUT2D eigenvalue weighted by molar-refractivity contribution is 0.0881. The van der Waals surface area contributed by atoms with Crippen LogP contribution in [0.2, 0.25) is 5.02 Å². The number of benzene rings is 2. The van der Waals surface area contributed by atoms with E-state index in [-0.39, 0.29) is 31.1 Å². The van der Waals surface area contributed by atoms with Gasteiger partial charge in [0.1, 0.15) is 33.6 Å². The summed E-state index contributed by atoms with van der Waals surface area (Å²) in [6.45, 7) is 6.95. The molecule has 0 aliphatic heterocycles. The number of halogens is 3. The van der Waals surface area contributed by atoms with E-state index in [1.165, 1.54) is 0 Å². The van der Waals surface area contributed by atoms with Gasteiger partial charge < -0.3 is 19.7 Å². The number of ether oxygens (including phenoxy) is 2. The molecule has 10 heteroatoms. The van der Waals surface area contributed by atoms with E-state index in [1.54, 1.807) is 4.68 Å². The van der Waals surface area contributed by atoms with Crippen LogP contribution in [0, 0.1) is 9.62 Å². The van der Waals surface area contributed by atoms with E-state index in [0.29, 0.717) is 38.4 Å². The van der Waals surface area contributed by atoms with Crippen molar-refractivity contribution >= 4 is 45.8 Å². The van der Waals surface area contributed by atoms with Crippen LogP contribution in [0.3, 0.4) is 0 Å². The van der Waals surface area contributed by atoms with Gasteiger partial charge in [-0.3, -0.25) is 0 Å². The summed E-state index contributed by atoms with van der Waals surface area (Å²) in [6.07, 6.45) is -0.775.